The summed E-state index contributed by atoms with van der Waals surface area (Å²) in [5.41, 5.74) is 0.340. The molecule has 0 radical (unpaired) electrons. The van der Waals surface area contributed by atoms with E-state index in [0.717, 1.165) is 6.42 Å². The SMILES string of the molecule is CC(CO)OCC(C)OC1(CC(C)(C)C)CCCC1. The molecule has 1 aliphatic rings. The third kappa shape index (κ3) is 6.24. The van der Waals surface area contributed by atoms with Gasteiger partial charge in [0.15, 0.2) is 0 Å². The molecule has 114 valence electrons. The van der Waals surface area contributed by atoms with Crippen molar-refractivity contribution in [2.75, 3.05) is 13.2 Å². The lowest BCUT2D eigenvalue weighted by molar-refractivity contribution is -0.133. The molecule has 3 heteroatoms. The maximum Gasteiger partial charge on any atom is 0.0788 e. The molecule has 2 atom stereocenters. The zero-order valence-electron chi connectivity index (χ0n) is 13.4. The van der Waals surface area contributed by atoms with Gasteiger partial charge in [0.25, 0.3) is 0 Å². The predicted octanol–water partition coefficient (Wildman–Crippen LogP) is 3.54. The average molecular weight is 272 g/mol. The van der Waals surface area contributed by atoms with Crippen LogP contribution >= 0.6 is 0 Å². The second kappa shape index (κ2) is 7.05. The Morgan fingerprint density at radius 2 is 1.68 bits per heavy atom. The lowest BCUT2D eigenvalue weighted by Crippen LogP contribution is -2.38. The van der Waals surface area contributed by atoms with Crippen LogP contribution in [0.25, 0.3) is 0 Å². The van der Waals surface area contributed by atoms with Crippen molar-refractivity contribution in [3.05, 3.63) is 0 Å². The molecule has 0 aromatic carbocycles. The number of ether oxygens (including phenoxy) is 2. The van der Waals surface area contributed by atoms with E-state index in [1.165, 1.54) is 25.7 Å². The van der Waals surface area contributed by atoms with Gasteiger partial charge in [0.2, 0.25) is 0 Å². The third-order valence-corrected chi connectivity index (χ3v) is 3.69. The summed E-state index contributed by atoms with van der Waals surface area (Å²) >= 11 is 0. The molecule has 0 aromatic rings. The molecule has 19 heavy (non-hydrogen) atoms. The highest BCUT2D eigenvalue weighted by Crippen LogP contribution is 2.42. The standard InChI is InChI=1S/C16H32O3/c1-13(10-17)18-11-14(2)19-16(8-6-7-9-16)12-15(3,4)5/h13-14,17H,6-12H2,1-5H3. The molecule has 1 rings (SSSR count). The van der Waals surface area contributed by atoms with Crippen LogP contribution in [-0.2, 0) is 9.47 Å². The summed E-state index contributed by atoms with van der Waals surface area (Å²) in [6.07, 6.45) is 5.99. The second-order valence-electron chi connectivity index (χ2n) is 7.38. The molecular weight excluding hydrogens is 240 g/mol. The van der Waals surface area contributed by atoms with E-state index in [1.807, 2.05) is 6.92 Å². The normalized spacial score (nSPS) is 22.4. The van der Waals surface area contributed by atoms with Gasteiger partial charge >= 0.3 is 0 Å². The van der Waals surface area contributed by atoms with Crippen molar-refractivity contribution in [3.63, 3.8) is 0 Å². The van der Waals surface area contributed by atoms with E-state index >= 15 is 0 Å². The molecule has 0 spiro atoms. The molecule has 0 heterocycles. The summed E-state index contributed by atoms with van der Waals surface area (Å²) in [7, 11) is 0. The van der Waals surface area contributed by atoms with Crippen molar-refractivity contribution >= 4 is 0 Å². The van der Waals surface area contributed by atoms with Gasteiger partial charge in [-0.2, -0.15) is 0 Å². The monoisotopic (exact) mass is 272 g/mol. The molecule has 0 aromatic heterocycles. The van der Waals surface area contributed by atoms with Crippen LogP contribution in [0.1, 0.15) is 66.7 Å². The Bertz CT molecular complexity index is 251. The Kier molecular flexibility index (Phi) is 6.28. The lowest BCUT2D eigenvalue weighted by atomic mass is 9.80. The summed E-state index contributed by atoms with van der Waals surface area (Å²) in [6.45, 7) is 11.4. The first-order chi connectivity index (χ1) is 8.76. The molecule has 0 saturated heterocycles. The lowest BCUT2D eigenvalue weighted by Gasteiger charge is -2.38. The number of aliphatic hydroxyl groups excluding tert-OH is 1. The molecular formula is C16H32O3. The second-order valence-corrected chi connectivity index (χ2v) is 7.38. The van der Waals surface area contributed by atoms with E-state index in [9.17, 15) is 0 Å². The van der Waals surface area contributed by atoms with E-state index in [4.69, 9.17) is 14.6 Å². The predicted molar refractivity (Wildman–Crippen MR) is 78.3 cm³/mol. The van der Waals surface area contributed by atoms with Gasteiger partial charge in [-0.25, -0.2) is 0 Å². The minimum atomic E-state index is -0.104. The van der Waals surface area contributed by atoms with Gasteiger partial charge in [0, 0.05) is 0 Å². The highest BCUT2D eigenvalue weighted by Gasteiger charge is 2.39. The first-order valence-electron chi connectivity index (χ1n) is 7.67. The minimum Gasteiger partial charge on any atom is -0.394 e. The first-order valence-corrected chi connectivity index (χ1v) is 7.67. The highest BCUT2D eigenvalue weighted by molar-refractivity contribution is 4.91. The van der Waals surface area contributed by atoms with Gasteiger partial charge in [-0.1, -0.05) is 33.6 Å². The minimum absolute atomic E-state index is 0.0451. The molecule has 1 aliphatic carbocycles. The van der Waals surface area contributed by atoms with Gasteiger partial charge in [-0.05, 0) is 38.5 Å². The Balaban J connectivity index is 2.49. The Labute approximate surface area is 118 Å². The summed E-state index contributed by atoms with van der Waals surface area (Å²) in [5.74, 6) is 0. The van der Waals surface area contributed by atoms with E-state index < -0.39 is 0 Å². The van der Waals surface area contributed by atoms with E-state index in [0.29, 0.717) is 12.0 Å². The van der Waals surface area contributed by atoms with Crippen molar-refractivity contribution in [2.24, 2.45) is 5.41 Å². The van der Waals surface area contributed by atoms with Gasteiger partial charge in [0.1, 0.15) is 0 Å². The Morgan fingerprint density at radius 1 is 1.11 bits per heavy atom. The van der Waals surface area contributed by atoms with Crippen molar-refractivity contribution < 1.29 is 14.6 Å². The molecule has 0 aliphatic heterocycles. The van der Waals surface area contributed by atoms with E-state index in [1.54, 1.807) is 0 Å². The van der Waals surface area contributed by atoms with Crippen LogP contribution in [0.2, 0.25) is 0 Å². The fraction of sp³-hybridized carbons (Fsp3) is 1.00. The number of hydrogen-bond acceptors (Lipinski definition) is 3. The Hall–Kier alpha value is -0.120. The molecule has 1 fully saturated rings. The number of aliphatic hydroxyl groups is 1. The summed E-state index contributed by atoms with van der Waals surface area (Å²) in [5, 5.41) is 8.97. The van der Waals surface area contributed by atoms with Crippen LogP contribution in [0.15, 0.2) is 0 Å². The summed E-state index contributed by atoms with van der Waals surface area (Å²) in [6, 6.07) is 0. The summed E-state index contributed by atoms with van der Waals surface area (Å²) in [4.78, 5) is 0. The Morgan fingerprint density at radius 3 is 2.16 bits per heavy atom. The highest BCUT2D eigenvalue weighted by atomic mass is 16.6. The van der Waals surface area contributed by atoms with Crippen molar-refractivity contribution in [2.45, 2.75) is 84.5 Å². The maximum atomic E-state index is 8.97. The van der Waals surface area contributed by atoms with Crippen LogP contribution in [0, 0.1) is 5.41 Å². The number of rotatable bonds is 7. The zero-order chi connectivity index (χ0) is 14.5. The average Bonchev–Trinajstić information content (AvgIpc) is 2.71. The fourth-order valence-corrected chi connectivity index (χ4v) is 3.14. The van der Waals surface area contributed by atoms with Crippen molar-refractivity contribution in [1.29, 1.82) is 0 Å². The fourth-order valence-electron chi connectivity index (χ4n) is 3.14. The molecule has 2 unspecified atom stereocenters. The number of hydrogen-bond donors (Lipinski definition) is 1. The van der Waals surface area contributed by atoms with Crippen LogP contribution in [0.3, 0.4) is 0 Å². The van der Waals surface area contributed by atoms with Gasteiger partial charge in [0.05, 0.1) is 31.0 Å². The van der Waals surface area contributed by atoms with E-state index in [-0.39, 0.29) is 24.4 Å². The van der Waals surface area contributed by atoms with Crippen molar-refractivity contribution in [3.8, 4) is 0 Å². The smallest absolute Gasteiger partial charge is 0.0788 e. The van der Waals surface area contributed by atoms with Gasteiger partial charge in [-0.3, -0.25) is 0 Å². The van der Waals surface area contributed by atoms with Crippen LogP contribution in [0.4, 0.5) is 0 Å². The molecule has 0 amide bonds. The molecule has 3 nitrogen and oxygen atoms in total. The topological polar surface area (TPSA) is 38.7 Å². The summed E-state index contributed by atoms with van der Waals surface area (Å²) < 4.78 is 11.9. The van der Waals surface area contributed by atoms with E-state index in [2.05, 4.69) is 27.7 Å². The quantitative estimate of drug-likeness (QED) is 0.770. The van der Waals surface area contributed by atoms with Crippen LogP contribution in [-0.4, -0.2) is 36.1 Å². The molecule has 1 N–H and O–H groups in total. The van der Waals surface area contributed by atoms with Crippen molar-refractivity contribution in [1.82, 2.24) is 0 Å². The molecule has 1 saturated carbocycles. The maximum absolute atomic E-state index is 8.97. The van der Waals surface area contributed by atoms with Crippen LogP contribution < -0.4 is 0 Å². The van der Waals surface area contributed by atoms with Gasteiger partial charge < -0.3 is 14.6 Å². The molecule has 0 bridgehead atoms. The van der Waals surface area contributed by atoms with Crippen LogP contribution in [0.5, 0.6) is 0 Å². The zero-order valence-corrected chi connectivity index (χ0v) is 13.4. The third-order valence-electron chi connectivity index (χ3n) is 3.69. The largest absolute Gasteiger partial charge is 0.394 e. The van der Waals surface area contributed by atoms with Gasteiger partial charge in [-0.15, -0.1) is 0 Å². The first kappa shape index (κ1) is 16.9.